The van der Waals surface area contributed by atoms with Crippen molar-refractivity contribution in [3.63, 3.8) is 0 Å². The normalized spacial score (nSPS) is 19.4. The van der Waals surface area contributed by atoms with Gasteiger partial charge in [-0.1, -0.05) is 30.3 Å². The average molecular weight is 463 g/mol. The number of hydrogen-bond donors (Lipinski definition) is 2. The number of carbonyl (C=O) groups is 1. The maximum absolute atomic E-state index is 13.2. The number of alkyl halides is 3. The van der Waals surface area contributed by atoms with Crippen LogP contribution in [0.25, 0.3) is 11.1 Å². The van der Waals surface area contributed by atoms with E-state index in [0.717, 1.165) is 36.5 Å². The molecule has 2 saturated heterocycles. The van der Waals surface area contributed by atoms with Crippen molar-refractivity contribution in [2.24, 2.45) is 0 Å². The SMILES string of the molecule is O=C(N[C@H](CF)[C@H](O)c1ccc(-c2ccc(CN3CC(N4CCCC4)C3)nc2)cc1)C(F)F. The molecular weight excluding hydrogens is 433 g/mol. The molecule has 9 heteroatoms. The second-order valence-corrected chi connectivity index (χ2v) is 8.77. The molecule has 2 aromatic rings. The van der Waals surface area contributed by atoms with E-state index in [1.54, 1.807) is 30.5 Å². The van der Waals surface area contributed by atoms with E-state index in [1.165, 1.54) is 25.9 Å². The monoisotopic (exact) mass is 462 g/mol. The van der Waals surface area contributed by atoms with Crippen LogP contribution in [0.3, 0.4) is 0 Å². The van der Waals surface area contributed by atoms with Gasteiger partial charge >= 0.3 is 6.43 Å². The van der Waals surface area contributed by atoms with Crippen LogP contribution in [-0.2, 0) is 11.3 Å². The van der Waals surface area contributed by atoms with E-state index in [-0.39, 0.29) is 0 Å². The molecule has 4 rings (SSSR count). The summed E-state index contributed by atoms with van der Waals surface area (Å²) in [5, 5.41) is 12.1. The Morgan fingerprint density at radius 1 is 1.09 bits per heavy atom. The van der Waals surface area contributed by atoms with Gasteiger partial charge < -0.3 is 10.4 Å². The summed E-state index contributed by atoms with van der Waals surface area (Å²) < 4.78 is 38.0. The van der Waals surface area contributed by atoms with Gasteiger partial charge in [-0.25, -0.2) is 4.39 Å². The fourth-order valence-electron chi connectivity index (χ4n) is 4.48. The van der Waals surface area contributed by atoms with Crippen molar-refractivity contribution in [3.8, 4) is 11.1 Å². The van der Waals surface area contributed by atoms with Crippen LogP contribution in [0.2, 0.25) is 0 Å². The maximum atomic E-state index is 13.2. The first kappa shape index (κ1) is 23.7. The number of nitrogens with zero attached hydrogens (tertiary/aromatic N) is 3. The van der Waals surface area contributed by atoms with Gasteiger partial charge in [-0.15, -0.1) is 0 Å². The van der Waals surface area contributed by atoms with Crippen molar-refractivity contribution < 1.29 is 23.1 Å². The smallest absolute Gasteiger partial charge is 0.315 e. The number of aliphatic hydroxyl groups excluding tert-OH is 1. The van der Waals surface area contributed by atoms with Crippen molar-refractivity contribution in [2.45, 2.75) is 44.0 Å². The van der Waals surface area contributed by atoms with Crippen LogP contribution in [0.5, 0.6) is 0 Å². The van der Waals surface area contributed by atoms with Crippen molar-refractivity contribution in [3.05, 3.63) is 53.9 Å². The predicted molar refractivity (Wildman–Crippen MR) is 118 cm³/mol. The summed E-state index contributed by atoms with van der Waals surface area (Å²) in [5.41, 5.74) is 3.08. The van der Waals surface area contributed by atoms with Gasteiger partial charge in [-0.05, 0) is 43.1 Å². The average Bonchev–Trinajstić information content (AvgIpc) is 3.33. The van der Waals surface area contributed by atoms with Gasteiger partial charge in [0.1, 0.15) is 12.8 Å². The molecule has 0 radical (unpaired) electrons. The highest BCUT2D eigenvalue weighted by Gasteiger charge is 2.33. The summed E-state index contributed by atoms with van der Waals surface area (Å²) in [7, 11) is 0. The fourth-order valence-corrected chi connectivity index (χ4v) is 4.48. The van der Waals surface area contributed by atoms with Gasteiger partial charge in [0.15, 0.2) is 0 Å². The van der Waals surface area contributed by atoms with Crippen molar-refractivity contribution >= 4 is 5.91 Å². The van der Waals surface area contributed by atoms with Crippen molar-refractivity contribution in [1.82, 2.24) is 20.1 Å². The quantitative estimate of drug-likeness (QED) is 0.600. The van der Waals surface area contributed by atoms with Gasteiger partial charge in [-0.2, -0.15) is 8.78 Å². The number of nitrogens with one attached hydrogen (secondary N) is 1. The lowest BCUT2D eigenvalue weighted by Crippen LogP contribution is -2.58. The second kappa shape index (κ2) is 10.6. The van der Waals surface area contributed by atoms with Gasteiger partial charge in [0.25, 0.3) is 5.91 Å². The van der Waals surface area contributed by atoms with E-state index in [4.69, 9.17) is 0 Å². The minimum absolute atomic E-state index is 0.325. The molecule has 2 aliphatic heterocycles. The number of carbonyl (C=O) groups excluding carboxylic acids is 1. The third kappa shape index (κ3) is 5.72. The Hall–Kier alpha value is -2.49. The van der Waals surface area contributed by atoms with Crippen LogP contribution in [0.1, 0.15) is 30.2 Å². The van der Waals surface area contributed by atoms with Crippen LogP contribution in [-0.4, -0.2) is 77.2 Å². The molecule has 0 spiro atoms. The Morgan fingerprint density at radius 3 is 2.33 bits per heavy atom. The van der Waals surface area contributed by atoms with E-state index < -0.39 is 31.2 Å². The first-order valence-electron chi connectivity index (χ1n) is 11.3. The molecule has 1 aromatic carbocycles. The number of aliphatic hydroxyl groups is 1. The lowest BCUT2D eigenvalue weighted by atomic mass is 9.99. The predicted octanol–water partition coefficient (Wildman–Crippen LogP) is 2.78. The molecule has 0 aliphatic carbocycles. The molecule has 2 aliphatic rings. The Bertz CT molecular complexity index is 914. The number of halogens is 3. The minimum atomic E-state index is -3.27. The minimum Gasteiger partial charge on any atom is -0.386 e. The largest absolute Gasteiger partial charge is 0.386 e. The maximum Gasteiger partial charge on any atom is 0.315 e. The zero-order chi connectivity index (χ0) is 23.4. The zero-order valence-corrected chi connectivity index (χ0v) is 18.3. The molecule has 1 amide bonds. The molecule has 2 fully saturated rings. The van der Waals surface area contributed by atoms with Crippen molar-refractivity contribution in [2.75, 3.05) is 32.9 Å². The Kier molecular flexibility index (Phi) is 7.62. The van der Waals surface area contributed by atoms with E-state index >= 15 is 0 Å². The first-order valence-corrected chi connectivity index (χ1v) is 11.3. The number of hydrogen-bond acceptors (Lipinski definition) is 5. The van der Waals surface area contributed by atoms with Crippen LogP contribution in [0.15, 0.2) is 42.6 Å². The lowest BCUT2D eigenvalue weighted by molar-refractivity contribution is -0.133. The van der Waals surface area contributed by atoms with Gasteiger partial charge in [0.05, 0.1) is 11.7 Å². The summed E-state index contributed by atoms with van der Waals surface area (Å²) in [5.74, 6) is -1.61. The molecule has 178 valence electrons. The van der Waals surface area contributed by atoms with Crippen LogP contribution >= 0.6 is 0 Å². The lowest BCUT2D eigenvalue weighted by Gasteiger charge is -2.44. The molecule has 0 bridgehead atoms. The molecule has 1 aromatic heterocycles. The van der Waals surface area contributed by atoms with Crippen molar-refractivity contribution in [1.29, 1.82) is 0 Å². The Balaban J connectivity index is 1.31. The first-order chi connectivity index (χ1) is 15.9. The molecule has 0 saturated carbocycles. The Labute approximate surface area is 191 Å². The summed E-state index contributed by atoms with van der Waals surface area (Å²) in [6.07, 6.45) is -0.285. The molecule has 0 unspecified atom stereocenters. The number of aromatic nitrogens is 1. The summed E-state index contributed by atoms with van der Waals surface area (Å²) in [6.45, 7) is 4.28. The van der Waals surface area contributed by atoms with Crippen LogP contribution < -0.4 is 5.32 Å². The van der Waals surface area contributed by atoms with E-state index in [0.29, 0.717) is 11.6 Å². The molecule has 33 heavy (non-hydrogen) atoms. The summed E-state index contributed by atoms with van der Waals surface area (Å²) in [6, 6.07) is 9.89. The number of rotatable bonds is 9. The number of likely N-dealkylation sites (tertiary alicyclic amines) is 2. The topological polar surface area (TPSA) is 68.7 Å². The second-order valence-electron chi connectivity index (χ2n) is 8.77. The Morgan fingerprint density at radius 2 is 1.76 bits per heavy atom. The van der Waals surface area contributed by atoms with E-state index in [1.807, 2.05) is 17.4 Å². The highest BCUT2D eigenvalue weighted by molar-refractivity contribution is 5.79. The third-order valence-electron chi connectivity index (χ3n) is 6.46. The summed E-state index contributed by atoms with van der Waals surface area (Å²) in [4.78, 5) is 20.7. The number of pyridine rings is 1. The standard InChI is InChI=1S/C24H29F3N4O2/c25-11-21(29-24(33)23(26)27)22(32)17-5-3-16(4-6-17)18-7-8-19(28-12-18)13-30-14-20(15-30)31-9-1-2-10-31/h3-8,12,20-23,32H,1-2,9-11,13-15H2,(H,29,33)/t21-,22-/m1/s1. The van der Waals surface area contributed by atoms with E-state index in [2.05, 4.69) is 14.8 Å². The highest BCUT2D eigenvalue weighted by atomic mass is 19.3. The van der Waals surface area contributed by atoms with Gasteiger partial charge in [0, 0.05) is 37.4 Å². The molecular formula is C24H29F3N4O2. The highest BCUT2D eigenvalue weighted by Crippen LogP contribution is 2.25. The van der Waals surface area contributed by atoms with Crippen LogP contribution in [0.4, 0.5) is 13.2 Å². The van der Waals surface area contributed by atoms with Gasteiger partial charge in [-0.3, -0.25) is 19.6 Å². The molecule has 2 N–H and O–H groups in total. The number of amides is 1. The summed E-state index contributed by atoms with van der Waals surface area (Å²) >= 11 is 0. The molecule has 6 nitrogen and oxygen atoms in total. The van der Waals surface area contributed by atoms with Gasteiger partial charge in [0.2, 0.25) is 0 Å². The van der Waals surface area contributed by atoms with E-state index in [9.17, 15) is 23.1 Å². The molecule has 2 atom stereocenters. The van der Waals surface area contributed by atoms with Crippen LogP contribution in [0, 0.1) is 0 Å². The third-order valence-corrected chi connectivity index (χ3v) is 6.46. The fraction of sp³-hybridized carbons (Fsp3) is 0.500. The number of benzene rings is 1. The molecule has 3 heterocycles. The zero-order valence-electron chi connectivity index (χ0n) is 18.3.